The fraction of sp³-hybridized carbons (Fsp3) is 0.429. The third-order valence-corrected chi connectivity index (χ3v) is 5.72. The number of nitrogen functional groups attached to an aromatic ring is 1. The summed E-state index contributed by atoms with van der Waals surface area (Å²) < 4.78 is 14.4. The first-order chi connectivity index (χ1) is 15.2. The number of ether oxygens (including phenoxy) is 2. The van der Waals surface area contributed by atoms with Crippen LogP contribution in [0.4, 0.5) is 11.8 Å². The molecule has 0 spiro atoms. The molecular formula is C21H26N8O2. The van der Waals surface area contributed by atoms with Crippen molar-refractivity contribution in [3.63, 3.8) is 0 Å². The molecular weight excluding hydrogens is 396 g/mol. The molecule has 10 heteroatoms. The van der Waals surface area contributed by atoms with Crippen LogP contribution in [0, 0.1) is 0 Å². The average molecular weight is 422 g/mol. The van der Waals surface area contributed by atoms with Crippen molar-refractivity contribution in [2.24, 2.45) is 0 Å². The summed E-state index contributed by atoms with van der Waals surface area (Å²) in [5.41, 5.74) is 9.54. The minimum atomic E-state index is 0.300. The van der Waals surface area contributed by atoms with Crippen LogP contribution in [0.1, 0.15) is 25.7 Å². The van der Waals surface area contributed by atoms with E-state index in [2.05, 4.69) is 25.5 Å². The van der Waals surface area contributed by atoms with Gasteiger partial charge in [-0.1, -0.05) is 0 Å². The number of fused-ring (bicyclic) bond motifs is 2. The van der Waals surface area contributed by atoms with E-state index in [0.717, 1.165) is 48.1 Å². The Morgan fingerprint density at radius 1 is 1.06 bits per heavy atom. The molecule has 1 saturated carbocycles. The fourth-order valence-electron chi connectivity index (χ4n) is 4.13. The second-order valence-electron chi connectivity index (χ2n) is 7.77. The van der Waals surface area contributed by atoms with Crippen LogP contribution < -0.4 is 11.1 Å². The van der Waals surface area contributed by atoms with Gasteiger partial charge in [-0.3, -0.25) is 0 Å². The summed E-state index contributed by atoms with van der Waals surface area (Å²) in [6.07, 6.45) is 9.75. The quantitative estimate of drug-likeness (QED) is 0.436. The topological polar surface area (TPSA) is 117 Å². The Morgan fingerprint density at radius 3 is 2.77 bits per heavy atom. The molecule has 0 radical (unpaired) electrons. The molecule has 0 atom stereocenters. The first-order valence-corrected chi connectivity index (χ1v) is 10.5. The Balaban J connectivity index is 1.31. The third kappa shape index (κ3) is 4.04. The smallest absolute Gasteiger partial charge is 0.243 e. The summed E-state index contributed by atoms with van der Waals surface area (Å²) in [6, 6.07) is 6.11. The maximum atomic E-state index is 6.34. The van der Waals surface area contributed by atoms with E-state index in [-0.39, 0.29) is 0 Å². The lowest BCUT2D eigenvalue weighted by Crippen LogP contribution is -2.31. The molecule has 0 aromatic carbocycles. The summed E-state index contributed by atoms with van der Waals surface area (Å²) >= 11 is 0. The Morgan fingerprint density at radius 2 is 1.94 bits per heavy atom. The van der Waals surface area contributed by atoms with Crippen molar-refractivity contribution in [3.8, 4) is 11.3 Å². The van der Waals surface area contributed by atoms with Gasteiger partial charge in [0, 0.05) is 37.3 Å². The summed E-state index contributed by atoms with van der Waals surface area (Å²) in [7, 11) is 1.69. The summed E-state index contributed by atoms with van der Waals surface area (Å²) in [4.78, 5) is 8.76. The molecule has 4 heterocycles. The molecule has 0 bridgehead atoms. The number of methoxy groups -OCH3 is 1. The number of nitrogens with two attached hydrogens (primary N) is 1. The normalized spacial score (nSPS) is 19.3. The standard InChI is InChI=1S/C21H26N8O2/c1-30-12-13-31-15-4-2-14(3-5-15)24-21-25-20(22)19-16(8-10-29(19)27-21)17-6-7-18-23-9-11-28(18)26-17/h6-11,14-15H,2-5,12-13H2,1H3,(H3,22,24,25,27). The zero-order valence-electron chi connectivity index (χ0n) is 17.4. The zero-order chi connectivity index (χ0) is 21.2. The van der Waals surface area contributed by atoms with Gasteiger partial charge in [-0.05, 0) is 43.9 Å². The van der Waals surface area contributed by atoms with Gasteiger partial charge < -0.3 is 20.5 Å². The van der Waals surface area contributed by atoms with E-state index >= 15 is 0 Å². The molecule has 4 aromatic heterocycles. The number of anilines is 2. The number of nitrogens with zero attached hydrogens (tertiary/aromatic N) is 6. The molecule has 1 aliphatic rings. The van der Waals surface area contributed by atoms with Crippen molar-refractivity contribution in [2.45, 2.75) is 37.8 Å². The number of rotatable bonds is 7. The lowest BCUT2D eigenvalue weighted by molar-refractivity contribution is -0.00158. The molecule has 4 aromatic rings. The lowest BCUT2D eigenvalue weighted by Gasteiger charge is -2.29. The van der Waals surface area contributed by atoms with Crippen LogP contribution in [-0.4, -0.2) is 61.7 Å². The van der Waals surface area contributed by atoms with E-state index in [4.69, 9.17) is 15.2 Å². The predicted octanol–water partition coefficient (Wildman–Crippen LogP) is 2.41. The highest BCUT2D eigenvalue weighted by Gasteiger charge is 2.23. The Bertz CT molecular complexity index is 1180. The SMILES string of the molecule is COCCOC1CCC(Nc2nc(N)c3c(-c4ccc5nccn5n4)ccn3n2)CC1. The van der Waals surface area contributed by atoms with E-state index in [1.54, 1.807) is 22.3 Å². The molecule has 0 amide bonds. The molecule has 10 nitrogen and oxygen atoms in total. The molecule has 3 N–H and O–H groups in total. The summed E-state index contributed by atoms with van der Waals surface area (Å²) in [6.45, 7) is 1.28. The summed E-state index contributed by atoms with van der Waals surface area (Å²) in [5, 5.41) is 12.7. The molecule has 1 aliphatic carbocycles. The Hall–Kier alpha value is -3.24. The Kier molecular flexibility index (Phi) is 5.39. The molecule has 31 heavy (non-hydrogen) atoms. The van der Waals surface area contributed by atoms with E-state index in [1.165, 1.54) is 0 Å². The van der Waals surface area contributed by atoms with Gasteiger partial charge in [0.1, 0.15) is 5.52 Å². The lowest BCUT2D eigenvalue weighted by atomic mass is 9.93. The molecule has 0 saturated heterocycles. The minimum Gasteiger partial charge on any atom is -0.382 e. The maximum absolute atomic E-state index is 6.34. The molecule has 162 valence electrons. The zero-order valence-corrected chi connectivity index (χ0v) is 17.4. The van der Waals surface area contributed by atoms with Gasteiger partial charge in [0.15, 0.2) is 11.5 Å². The first kappa shape index (κ1) is 19.7. The van der Waals surface area contributed by atoms with Gasteiger partial charge in [-0.15, -0.1) is 5.10 Å². The number of hydrogen-bond donors (Lipinski definition) is 2. The summed E-state index contributed by atoms with van der Waals surface area (Å²) in [5.74, 6) is 0.954. The van der Waals surface area contributed by atoms with Gasteiger partial charge in [0.25, 0.3) is 0 Å². The Labute approximate surface area is 179 Å². The first-order valence-electron chi connectivity index (χ1n) is 10.5. The molecule has 0 unspecified atom stereocenters. The monoisotopic (exact) mass is 422 g/mol. The highest BCUT2D eigenvalue weighted by molar-refractivity contribution is 5.86. The second kappa shape index (κ2) is 8.48. The van der Waals surface area contributed by atoms with Gasteiger partial charge in [0.05, 0.1) is 25.0 Å². The molecule has 1 fully saturated rings. The minimum absolute atomic E-state index is 0.300. The third-order valence-electron chi connectivity index (χ3n) is 5.72. The molecule has 0 aliphatic heterocycles. The van der Waals surface area contributed by atoms with Crippen molar-refractivity contribution >= 4 is 22.9 Å². The van der Waals surface area contributed by atoms with Crippen LogP contribution >= 0.6 is 0 Å². The number of nitrogens with one attached hydrogen (secondary N) is 1. The van der Waals surface area contributed by atoms with Gasteiger partial charge in [-0.25, -0.2) is 14.0 Å². The van der Waals surface area contributed by atoms with Gasteiger partial charge >= 0.3 is 0 Å². The highest BCUT2D eigenvalue weighted by atomic mass is 16.5. The maximum Gasteiger partial charge on any atom is 0.243 e. The number of hydrogen-bond acceptors (Lipinski definition) is 8. The van der Waals surface area contributed by atoms with Gasteiger partial charge in [0.2, 0.25) is 5.95 Å². The van der Waals surface area contributed by atoms with Crippen LogP contribution in [0.2, 0.25) is 0 Å². The highest BCUT2D eigenvalue weighted by Crippen LogP contribution is 2.28. The van der Waals surface area contributed by atoms with Crippen molar-refractivity contribution in [1.29, 1.82) is 0 Å². The van der Waals surface area contributed by atoms with Crippen molar-refractivity contribution in [2.75, 3.05) is 31.4 Å². The van der Waals surface area contributed by atoms with E-state index in [9.17, 15) is 0 Å². The van der Waals surface area contributed by atoms with Crippen LogP contribution in [0.3, 0.4) is 0 Å². The largest absolute Gasteiger partial charge is 0.382 e. The van der Waals surface area contributed by atoms with Crippen molar-refractivity contribution in [1.82, 2.24) is 29.2 Å². The van der Waals surface area contributed by atoms with Crippen LogP contribution in [-0.2, 0) is 9.47 Å². The van der Waals surface area contributed by atoms with E-state index in [1.807, 2.05) is 30.6 Å². The van der Waals surface area contributed by atoms with Crippen LogP contribution in [0.5, 0.6) is 0 Å². The number of imidazole rings is 1. The van der Waals surface area contributed by atoms with Crippen molar-refractivity contribution < 1.29 is 9.47 Å². The van der Waals surface area contributed by atoms with Gasteiger partial charge in [-0.2, -0.15) is 10.1 Å². The number of aromatic nitrogens is 6. The van der Waals surface area contributed by atoms with E-state index in [0.29, 0.717) is 37.1 Å². The fourth-order valence-corrected chi connectivity index (χ4v) is 4.13. The van der Waals surface area contributed by atoms with Crippen molar-refractivity contribution in [3.05, 3.63) is 36.8 Å². The van der Waals surface area contributed by atoms with Crippen LogP contribution in [0.25, 0.3) is 22.4 Å². The predicted molar refractivity (Wildman–Crippen MR) is 117 cm³/mol. The van der Waals surface area contributed by atoms with E-state index < -0.39 is 0 Å². The average Bonchev–Trinajstić information content (AvgIpc) is 3.42. The van der Waals surface area contributed by atoms with Crippen LogP contribution in [0.15, 0.2) is 36.8 Å². The second-order valence-corrected chi connectivity index (χ2v) is 7.77. The molecule has 5 rings (SSSR count).